The third-order valence-electron chi connectivity index (χ3n) is 6.01. The van der Waals surface area contributed by atoms with Crippen molar-refractivity contribution < 1.29 is 0 Å². The Morgan fingerprint density at radius 1 is 0.548 bits per heavy atom. The normalized spacial score (nSPS) is 11.4. The molecule has 0 radical (unpaired) electrons. The van der Waals surface area contributed by atoms with Crippen LogP contribution in [0, 0.1) is 0 Å². The molecule has 6 aromatic rings. The Labute approximate surface area is 180 Å². The molecule has 0 unspecified atom stereocenters. The molecule has 31 heavy (non-hydrogen) atoms. The Bertz CT molecular complexity index is 1550. The van der Waals surface area contributed by atoms with Crippen molar-refractivity contribution in [3.63, 3.8) is 0 Å². The Hall–Kier alpha value is -4.04. The maximum absolute atomic E-state index is 4.96. The molecule has 2 heterocycles. The standard InChI is InChI=1S/C29H20N2/c1-2-8-24-20(6-1)12-13-27-26-10-4-3-9-25(26)22(19-28(24)27)18-23-7-5-11-29(31-23)21-14-16-30-17-15-21/h1-17,19H,18H2. The molecule has 0 spiro atoms. The molecule has 146 valence electrons. The first-order valence-corrected chi connectivity index (χ1v) is 10.6. The molecule has 0 aliphatic heterocycles. The summed E-state index contributed by atoms with van der Waals surface area (Å²) in [5.74, 6) is 0. The molecule has 0 amide bonds. The van der Waals surface area contributed by atoms with Crippen LogP contribution in [0.5, 0.6) is 0 Å². The van der Waals surface area contributed by atoms with E-state index in [2.05, 4.69) is 89.9 Å². The van der Waals surface area contributed by atoms with Crippen LogP contribution in [0.1, 0.15) is 11.3 Å². The summed E-state index contributed by atoms with van der Waals surface area (Å²) in [7, 11) is 0. The molecule has 0 fully saturated rings. The van der Waals surface area contributed by atoms with Crippen molar-refractivity contribution in [2.75, 3.05) is 0 Å². The lowest BCUT2D eigenvalue weighted by atomic mass is 9.92. The topological polar surface area (TPSA) is 25.8 Å². The Kier molecular flexibility index (Phi) is 4.21. The first-order chi connectivity index (χ1) is 15.4. The van der Waals surface area contributed by atoms with Crippen LogP contribution >= 0.6 is 0 Å². The highest BCUT2D eigenvalue weighted by Crippen LogP contribution is 2.34. The smallest absolute Gasteiger partial charge is 0.0706 e. The second-order valence-corrected chi connectivity index (χ2v) is 7.89. The van der Waals surface area contributed by atoms with Crippen LogP contribution in [-0.2, 0) is 6.42 Å². The lowest BCUT2D eigenvalue weighted by Gasteiger charge is -2.13. The van der Waals surface area contributed by atoms with Crippen molar-refractivity contribution in [1.29, 1.82) is 0 Å². The van der Waals surface area contributed by atoms with Crippen molar-refractivity contribution in [3.05, 3.63) is 121 Å². The largest absolute Gasteiger partial charge is 0.265 e. The van der Waals surface area contributed by atoms with Gasteiger partial charge in [-0.3, -0.25) is 9.97 Å². The van der Waals surface area contributed by atoms with Gasteiger partial charge < -0.3 is 0 Å². The van der Waals surface area contributed by atoms with Gasteiger partial charge in [0.15, 0.2) is 0 Å². The fraction of sp³-hybridized carbons (Fsp3) is 0.0345. The zero-order chi connectivity index (χ0) is 20.6. The van der Waals surface area contributed by atoms with E-state index >= 15 is 0 Å². The van der Waals surface area contributed by atoms with Gasteiger partial charge in [-0.25, -0.2) is 0 Å². The van der Waals surface area contributed by atoms with Crippen LogP contribution in [0.4, 0.5) is 0 Å². The summed E-state index contributed by atoms with van der Waals surface area (Å²) in [5.41, 5.74) is 4.44. The van der Waals surface area contributed by atoms with E-state index in [1.807, 2.05) is 24.5 Å². The van der Waals surface area contributed by atoms with Gasteiger partial charge in [-0.05, 0) is 68.2 Å². The second kappa shape index (κ2) is 7.33. The highest BCUT2D eigenvalue weighted by atomic mass is 14.7. The SMILES string of the molecule is c1cc(Cc2cc3c4ccccc4ccc3c3ccccc23)nc(-c2ccncc2)c1. The van der Waals surface area contributed by atoms with Crippen molar-refractivity contribution in [2.24, 2.45) is 0 Å². The molecular formula is C29H20N2. The summed E-state index contributed by atoms with van der Waals surface area (Å²) in [6, 6.07) is 34.5. The van der Waals surface area contributed by atoms with Gasteiger partial charge in [0.2, 0.25) is 0 Å². The van der Waals surface area contributed by atoms with Crippen molar-refractivity contribution in [1.82, 2.24) is 9.97 Å². The molecular weight excluding hydrogens is 376 g/mol. The van der Waals surface area contributed by atoms with E-state index in [4.69, 9.17) is 4.98 Å². The quantitative estimate of drug-likeness (QED) is 0.296. The van der Waals surface area contributed by atoms with E-state index in [1.165, 1.54) is 37.9 Å². The molecule has 4 aromatic carbocycles. The van der Waals surface area contributed by atoms with Crippen molar-refractivity contribution in [3.8, 4) is 11.3 Å². The van der Waals surface area contributed by atoms with Crippen LogP contribution in [0.15, 0.2) is 109 Å². The third kappa shape index (κ3) is 3.13. The summed E-state index contributed by atoms with van der Waals surface area (Å²) in [5, 5.41) is 7.76. The first-order valence-electron chi connectivity index (χ1n) is 10.6. The van der Waals surface area contributed by atoms with Gasteiger partial charge in [-0.2, -0.15) is 0 Å². The van der Waals surface area contributed by atoms with E-state index in [9.17, 15) is 0 Å². The molecule has 0 aliphatic carbocycles. The van der Waals surface area contributed by atoms with E-state index in [0.29, 0.717) is 0 Å². The molecule has 2 aromatic heterocycles. The minimum atomic E-state index is 0.790. The van der Waals surface area contributed by atoms with Gasteiger partial charge in [-0.15, -0.1) is 0 Å². The summed E-state index contributed by atoms with van der Waals surface area (Å²) >= 11 is 0. The van der Waals surface area contributed by atoms with Crippen LogP contribution in [0.2, 0.25) is 0 Å². The number of hydrogen-bond donors (Lipinski definition) is 0. The number of fused-ring (bicyclic) bond motifs is 5. The predicted octanol–water partition coefficient (Wildman–Crippen LogP) is 7.19. The van der Waals surface area contributed by atoms with Crippen LogP contribution in [-0.4, -0.2) is 9.97 Å². The highest BCUT2D eigenvalue weighted by Gasteiger charge is 2.11. The van der Waals surface area contributed by atoms with E-state index in [0.717, 1.165) is 23.4 Å². The van der Waals surface area contributed by atoms with Gasteiger partial charge in [0.05, 0.1) is 5.69 Å². The molecule has 0 saturated heterocycles. The minimum Gasteiger partial charge on any atom is -0.265 e. The molecule has 0 N–H and O–H groups in total. The molecule has 0 atom stereocenters. The van der Waals surface area contributed by atoms with Gasteiger partial charge in [0, 0.05) is 30.1 Å². The van der Waals surface area contributed by atoms with Crippen LogP contribution in [0.25, 0.3) is 43.6 Å². The molecule has 6 rings (SSSR count). The predicted molar refractivity (Wildman–Crippen MR) is 129 cm³/mol. The average Bonchev–Trinajstić information content (AvgIpc) is 2.85. The number of pyridine rings is 2. The van der Waals surface area contributed by atoms with Gasteiger partial charge >= 0.3 is 0 Å². The Morgan fingerprint density at radius 3 is 2.16 bits per heavy atom. The lowest BCUT2D eigenvalue weighted by molar-refractivity contribution is 1.09. The number of nitrogens with zero attached hydrogens (tertiary/aromatic N) is 2. The van der Waals surface area contributed by atoms with Crippen molar-refractivity contribution in [2.45, 2.75) is 6.42 Å². The molecule has 2 heteroatoms. The fourth-order valence-corrected chi connectivity index (χ4v) is 4.54. The summed E-state index contributed by atoms with van der Waals surface area (Å²) < 4.78 is 0. The van der Waals surface area contributed by atoms with E-state index in [-0.39, 0.29) is 0 Å². The van der Waals surface area contributed by atoms with Crippen LogP contribution in [0.3, 0.4) is 0 Å². The lowest BCUT2D eigenvalue weighted by Crippen LogP contribution is -1.96. The zero-order valence-corrected chi connectivity index (χ0v) is 17.0. The first kappa shape index (κ1) is 17.8. The monoisotopic (exact) mass is 396 g/mol. The molecule has 0 aliphatic rings. The second-order valence-electron chi connectivity index (χ2n) is 7.89. The number of rotatable bonds is 3. The maximum Gasteiger partial charge on any atom is 0.0706 e. The molecule has 0 bridgehead atoms. The van der Waals surface area contributed by atoms with Gasteiger partial charge in [-0.1, -0.05) is 66.7 Å². The van der Waals surface area contributed by atoms with Crippen LogP contribution < -0.4 is 0 Å². The van der Waals surface area contributed by atoms with Gasteiger partial charge in [0.1, 0.15) is 0 Å². The van der Waals surface area contributed by atoms with Gasteiger partial charge in [0.25, 0.3) is 0 Å². The number of hydrogen-bond acceptors (Lipinski definition) is 2. The number of benzene rings is 4. The summed E-state index contributed by atoms with van der Waals surface area (Å²) in [6.45, 7) is 0. The fourth-order valence-electron chi connectivity index (χ4n) is 4.54. The van der Waals surface area contributed by atoms with E-state index < -0.39 is 0 Å². The summed E-state index contributed by atoms with van der Waals surface area (Å²) in [6.07, 6.45) is 4.41. The zero-order valence-electron chi connectivity index (χ0n) is 17.0. The van der Waals surface area contributed by atoms with Crippen molar-refractivity contribution >= 4 is 32.3 Å². The number of aromatic nitrogens is 2. The van der Waals surface area contributed by atoms with E-state index in [1.54, 1.807) is 0 Å². The molecule has 0 saturated carbocycles. The Balaban J connectivity index is 1.55. The highest BCUT2D eigenvalue weighted by molar-refractivity contribution is 6.18. The molecule has 2 nitrogen and oxygen atoms in total. The minimum absolute atomic E-state index is 0.790. The average molecular weight is 396 g/mol. The summed E-state index contributed by atoms with van der Waals surface area (Å²) in [4.78, 5) is 9.08. The third-order valence-corrected chi connectivity index (χ3v) is 6.01. The maximum atomic E-state index is 4.96. The Morgan fingerprint density at radius 2 is 1.29 bits per heavy atom.